The van der Waals surface area contributed by atoms with Gasteiger partial charge in [-0.15, -0.1) is 0 Å². The summed E-state index contributed by atoms with van der Waals surface area (Å²) < 4.78 is 11.0. The van der Waals surface area contributed by atoms with Crippen LogP contribution in [0.2, 0.25) is 5.02 Å². The Morgan fingerprint density at radius 2 is 2.04 bits per heavy atom. The molecule has 1 aromatic rings. The van der Waals surface area contributed by atoms with E-state index >= 15 is 0 Å². The molecule has 1 saturated carbocycles. The Morgan fingerprint density at radius 1 is 1.35 bits per heavy atom. The zero-order valence-electron chi connectivity index (χ0n) is 15.8. The highest BCUT2D eigenvalue weighted by atomic mass is 35.5. The summed E-state index contributed by atoms with van der Waals surface area (Å²) in [4.78, 5) is 14.8. The van der Waals surface area contributed by atoms with Crippen molar-refractivity contribution in [1.29, 1.82) is 0 Å². The molecular weight excluding hydrogens is 354 g/mol. The maximum absolute atomic E-state index is 12.6. The zero-order valence-corrected chi connectivity index (χ0v) is 16.6. The van der Waals surface area contributed by atoms with Crippen LogP contribution in [-0.4, -0.2) is 51.6 Å². The highest BCUT2D eigenvalue weighted by Crippen LogP contribution is 2.47. The average molecular weight is 382 g/mol. The van der Waals surface area contributed by atoms with E-state index in [4.69, 9.17) is 21.1 Å². The molecular formula is C19H28ClN3O3. The molecule has 26 heavy (non-hydrogen) atoms. The van der Waals surface area contributed by atoms with Crippen molar-refractivity contribution in [2.75, 3.05) is 43.6 Å². The first-order valence-corrected chi connectivity index (χ1v) is 9.45. The lowest BCUT2D eigenvalue weighted by Crippen LogP contribution is -2.68. The summed E-state index contributed by atoms with van der Waals surface area (Å²) in [5.74, 6) is 0.263. The van der Waals surface area contributed by atoms with E-state index in [1.807, 2.05) is 12.1 Å². The number of carbonyl (C=O) groups is 1. The minimum absolute atomic E-state index is 0.0541. The Hall–Kier alpha value is -1.50. The standard InChI is InChI=1S/C19H28ClN3O3/c1-12-16(19(2,3)17(12)25-4)22-18(24)21-14-11-13(20)5-6-15(14)23-7-9-26-10-8-23/h5-6,11-12,16-17H,7-10H2,1-4H3,(H2,21,22,24)/t12-,16-,17+/m0/s1. The van der Waals surface area contributed by atoms with E-state index in [1.165, 1.54) is 0 Å². The fourth-order valence-electron chi connectivity index (χ4n) is 4.41. The Labute approximate surface area is 160 Å². The average Bonchev–Trinajstić information content (AvgIpc) is 2.61. The number of methoxy groups -OCH3 is 1. The predicted octanol–water partition coefficient (Wildman–Crippen LogP) is 3.36. The number of ether oxygens (including phenoxy) is 2. The number of halogens is 1. The molecule has 0 spiro atoms. The van der Waals surface area contributed by atoms with Crippen LogP contribution in [0.1, 0.15) is 20.8 Å². The number of nitrogens with one attached hydrogen (secondary N) is 2. The van der Waals surface area contributed by atoms with Crippen LogP contribution in [0, 0.1) is 11.3 Å². The highest BCUT2D eigenvalue weighted by molar-refractivity contribution is 6.31. The Balaban J connectivity index is 1.70. The molecule has 6 nitrogen and oxygen atoms in total. The fraction of sp³-hybridized carbons (Fsp3) is 0.632. The molecule has 7 heteroatoms. The number of morpholine rings is 1. The third-order valence-electron chi connectivity index (χ3n) is 5.64. The van der Waals surface area contributed by atoms with Crippen LogP contribution >= 0.6 is 11.6 Å². The number of carbonyl (C=O) groups excluding carboxylic acids is 1. The van der Waals surface area contributed by atoms with E-state index in [9.17, 15) is 4.79 Å². The van der Waals surface area contributed by atoms with Gasteiger partial charge in [-0.2, -0.15) is 0 Å². The first-order chi connectivity index (χ1) is 12.3. The number of hydrogen-bond acceptors (Lipinski definition) is 4. The molecule has 0 radical (unpaired) electrons. The van der Waals surface area contributed by atoms with Crippen LogP contribution in [0.5, 0.6) is 0 Å². The summed E-state index contributed by atoms with van der Waals surface area (Å²) in [5, 5.41) is 6.68. The second-order valence-electron chi connectivity index (χ2n) is 7.67. The van der Waals surface area contributed by atoms with Crippen LogP contribution in [0.25, 0.3) is 0 Å². The summed E-state index contributed by atoms with van der Waals surface area (Å²) in [5.41, 5.74) is 1.57. The van der Waals surface area contributed by atoms with Gasteiger partial charge >= 0.3 is 6.03 Å². The second-order valence-corrected chi connectivity index (χ2v) is 8.11. The molecule has 1 saturated heterocycles. The van der Waals surface area contributed by atoms with Gasteiger partial charge in [-0.1, -0.05) is 32.4 Å². The van der Waals surface area contributed by atoms with Crippen LogP contribution < -0.4 is 15.5 Å². The summed E-state index contributed by atoms with van der Waals surface area (Å²) in [7, 11) is 1.72. The maximum Gasteiger partial charge on any atom is 0.319 e. The third kappa shape index (κ3) is 3.63. The largest absolute Gasteiger partial charge is 0.380 e. The molecule has 1 heterocycles. The van der Waals surface area contributed by atoms with Crippen molar-refractivity contribution in [3.8, 4) is 0 Å². The van der Waals surface area contributed by atoms with Crippen molar-refractivity contribution < 1.29 is 14.3 Å². The van der Waals surface area contributed by atoms with Gasteiger partial charge in [0, 0.05) is 42.6 Å². The SMILES string of the molecule is CO[C@@H]1[C@@H](C)[C@H](NC(=O)Nc2cc(Cl)ccc2N2CCOCC2)C1(C)C. The van der Waals surface area contributed by atoms with Gasteiger partial charge in [0.05, 0.1) is 30.7 Å². The fourth-order valence-corrected chi connectivity index (χ4v) is 4.58. The van der Waals surface area contributed by atoms with E-state index in [0.29, 0.717) is 23.9 Å². The van der Waals surface area contributed by atoms with Gasteiger partial charge in [-0.3, -0.25) is 0 Å². The number of amides is 2. The van der Waals surface area contributed by atoms with Crippen molar-refractivity contribution >= 4 is 29.0 Å². The van der Waals surface area contributed by atoms with Crippen molar-refractivity contribution in [3.63, 3.8) is 0 Å². The molecule has 3 rings (SSSR count). The molecule has 0 unspecified atom stereocenters. The number of urea groups is 1. The molecule has 2 N–H and O–H groups in total. The van der Waals surface area contributed by atoms with Crippen molar-refractivity contribution in [3.05, 3.63) is 23.2 Å². The minimum atomic E-state index is -0.221. The Morgan fingerprint density at radius 3 is 2.65 bits per heavy atom. The lowest BCUT2D eigenvalue weighted by molar-refractivity contribution is -0.140. The van der Waals surface area contributed by atoms with Crippen molar-refractivity contribution in [1.82, 2.24) is 5.32 Å². The first kappa shape index (κ1) is 19.3. The lowest BCUT2D eigenvalue weighted by atomic mass is 9.58. The van der Waals surface area contributed by atoms with Gasteiger partial charge in [0.15, 0.2) is 0 Å². The van der Waals surface area contributed by atoms with E-state index < -0.39 is 0 Å². The van der Waals surface area contributed by atoms with Crippen LogP contribution in [0.4, 0.5) is 16.2 Å². The van der Waals surface area contributed by atoms with E-state index in [0.717, 1.165) is 18.8 Å². The zero-order chi connectivity index (χ0) is 18.9. The first-order valence-electron chi connectivity index (χ1n) is 9.07. The number of hydrogen-bond donors (Lipinski definition) is 2. The quantitative estimate of drug-likeness (QED) is 0.839. The van der Waals surface area contributed by atoms with Gasteiger partial charge in [0.2, 0.25) is 0 Å². The normalized spacial score (nSPS) is 27.6. The Kier molecular flexibility index (Phi) is 5.65. The number of benzene rings is 1. The lowest BCUT2D eigenvalue weighted by Gasteiger charge is -2.56. The molecule has 1 aliphatic heterocycles. The molecule has 0 bridgehead atoms. The summed E-state index contributed by atoms with van der Waals surface area (Å²) in [6.07, 6.45) is 0.142. The number of anilines is 2. The molecule has 2 fully saturated rings. The smallest absolute Gasteiger partial charge is 0.319 e. The molecule has 3 atom stereocenters. The van der Waals surface area contributed by atoms with Gasteiger partial charge < -0.3 is 25.0 Å². The monoisotopic (exact) mass is 381 g/mol. The van der Waals surface area contributed by atoms with Crippen molar-refractivity contribution in [2.24, 2.45) is 11.3 Å². The van der Waals surface area contributed by atoms with Gasteiger partial charge in [0.1, 0.15) is 0 Å². The molecule has 1 aromatic carbocycles. The second kappa shape index (κ2) is 7.62. The van der Waals surface area contributed by atoms with Gasteiger partial charge in [-0.05, 0) is 18.2 Å². The van der Waals surface area contributed by atoms with Gasteiger partial charge in [-0.25, -0.2) is 4.79 Å². The van der Waals surface area contributed by atoms with Crippen LogP contribution in [-0.2, 0) is 9.47 Å². The minimum Gasteiger partial charge on any atom is -0.380 e. The number of rotatable bonds is 4. The predicted molar refractivity (Wildman–Crippen MR) is 104 cm³/mol. The van der Waals surface area contributed by atoms with Gasteiger partial charge in [0.25, 0.3) is 0 Å². The highest BCUT2D eigenvalue weighted by Gasteiger charge is 2.55. The molecule has 2 aliphatic rings. The summed E-state index contributed by atoms with van der Waals surface area (Å²) in [6, 6.07) is 5.41. The third-order valence-corrected chi connectivity index (χ3v) is 5.87. The summed E-state index contributed by atoms with van der Waals surface area (Å²) >= 11 is 6.16. The van der Waals surface area contributed by atoms with E-state index in [2.05, 4.69) is 36.3 Å². The van der Waals surface area contributed by atoms with Crippen LogP contribution in [0.3, 0.4) is 0 Å². The summed E-state index contributed by atoms with van der Waals surface area (Å²) in [6.45, 7) is 9.28. The van der Waals surface area contributed by atoms with Crippen molar-refractivity contribution in [2.45, 2.75) is 32.9 Å². The van der Waals surface area contributed by atoms with E-state index in [1.54, 1.807) is 13.2 Å². The maximum atomic E-state index is 12.6. The molecule has 144 valence electrons. The topological polar surface area (TPSA) is 62.8 Å². The van der Waals surface area contributed by atoms with E-state index in [-0.39, 0.29) is 29.5 Å². The molecule has 0 aromatic heterocycles. The number of nitrogens with zero attached hydrogens (tertiary/aromatic N) is 1. The molecule has 2 amide bonds. The van der Waals surface area contributed by atoms with Crippen LogP contribution in [0.15, 0.2) is 18.2 Å². The molecule has 1 aliphatic carbocycles. The Bertz CT molecular complexity index is 661.